The molecular formula is C12H23N3O5. The SMILES string of the molecule is CC(C)C[C@H](NC(=O)[C@@H](NC(=O)CN)[C@@H](C)O)C(=O)O. The molecule has 0 aromatic carbocycles. The predicted octanol–water partition coefficient (Wildman–Crippen LogP) is -1.57. The molecule has 0 aromatic heterocycles. The van der Waals surface area contributed by atoms with Crippen LogP contribution >= 0.6 is 0 Å². The van der Waals surface area contributed by atoms with E-state index < -0.39 is 36.0 Å². The van der Waals surface area contributed by atoms with Crippen LogP contribution in [0.4, 0.5) is 0 Å². The first-order chi connectivity index (χ1) is 9.18. The van der Waals surface area contributed by atoms with Gasteiger partial charge in [0.2, 0.25) is 11.8 Å². The monoisotopic (exact) mass is 289 g/mol. The molecule has 8 nitrogen and oxygen atoms in total. The van der Waals surface area contributed by atoms with Crippen molar-refractivity contribution in [2.45, 2.75) is 45.4 Å². The topological polar surface area (TPSA) is 142 Å². The molecule has 0 saturated heterocycles. The van der Waals surface area contributed by atoms with Gasteiger partial charge >= 0.3 is 5.97 Å². The van der Waals surface area contributed by atoms with Crippen molar-refractivity contribution in [3.05, 3.63) is 0 Å². The van der Waals surface area contributed by atoms with E-state index >= 15 is 0 Å². The van der Waals surface area contributed by atoms with Crippen LogP contribution in [0.3, 0.4) is 0 Å². The number of carbonyl (C=O) groups is 3. The lowest BCUT2D eigenvalue weighted by Crippen LogP contribution is -2.56. The molecule has 0 fully saturated rings. The summed E-state index contributed by atoms with van der Waals surface area (Å²) >= 11 is 0. The Labute approximate surface area is 117 Å². The summed E-state index contributed by atoms with van der Waals surface area (Å²) < 4.78 is 0. The zero-order valence-corrected chi connectivity index (χ0v) is 11.9. The highest BCUT2D eigenvalue weighted by atomic mass is 16.4. The number of nitrogens with one attached hydrogen (secondary N) is 2. The van der Waals surface area contributed by atoms with Gasteiger partial charge in [0.05, 0.1) is 12.6 Å². The second kappa shape index (κ2) is 8.49. The third kappa shape index (κ3) is 6.48. The van der Waals surface area contributed by atoms with E-state index in [0.29, 0.717) is 0 Å². The average molecular weight is 289 g/mol. The van der Waals surface area contributed by atoms with Gasteiger partial charge in [-0.3, -0.25) is 9.59 Å². The van der Waals surface area contributed by atoms with Crippen molar-refractivity contribution < 1.29 is 24.6 Å². The maximum atomic E-state index is 11.9. The van der Waals surface area contributed by atoms with Crippen LogP contribution in [0.2, 0.25) is 0 Å². The van der Waals surface area contributed by atoms with Crippen LogP contribution in [-0.2, 0) is 14.4 Å². The van der Waals surface area contributed by atoms with Gasteiger partial charge in [-0.15, -0.1) is 0 Å². The van der Waals surface area contributed by atoms with Crippen LogP contribution in [0.1, 0.15) is 27.2 Å². The van der Waals surface area contributed by atoms with E-state index in [2.05, 4.69) is 10.6 Å². The first-order valence-corrected chi connectivity index (χ1v) is 6.39. The summed E-state index contributed by atoms with van der Waals surface area (Å²) in [6.45, 7) is 4.64. The highest BCUT2D eigenvalue weighted by molar-refractivity contribution is 5.91. The average Bonchev–Trinajstić information content (AvgIpc) is 2.33. The Balaban J connectivity index is 4.79. The lowest BCUT2D eigenvalue weighted by atomic mass is 10.0. The molecule has 8 heteroatoms. The van der Waals surface area contributed by atoms with Gasteiger partial charge in [0.1, 0.15) is 12.1 Å². The van der Waals surface area contributed by atoms with Crippen molar-refractivity contribution in [2.24, 2.45) is 11.7 Å². The lowest BCUT2D eigenvalue weighted by molar-refractivity contribution is -0.143. The van der Waals surface area contributed by atoms with E-state index in [1.54, 1.807) is 0 Å². The van der Waals surface area contributed by atoms with Crippen LogP contribution in [-0.4, -0.2) is 52.7 Å². The van der Waals surface area contributed by atoms with Crippen molar-refractivity contribution in [1.82, 2.24) is 10.6 Å². The maximum Gasteiger partial charge on any atom is 0.326 e. The Kier molecular flexibility index (Phi) is 7.78. The molecule has 116 valence electrons. The van der Waals surface area contributed by atoms with Crippen LogP contribution in [0.25, 0.3) is 0 Å². The smallest absolute Gasteiger partial charge is 0.326 e. The highest BCUT2D eigenvalue weighted by Gasteiger charge is 2.29. The van der Waals surface area contributed by atoms with Crippen molar-refractivity contribution >= 4 is 17.8 Å². The minimum atomic E-state index is -1.24. The largest absolute Gasteiger partial charge is 0.480 e. The number of aliphatic hydroxyl groups excluding tert-OH is 1. The third-order valence-corrected chi connectivity index (χ3v) is 2.59. The minimum Gasteiger partial charge on any atom is -0.480 e. The number of carboxylic acids is 1. The quantitative estimate of drug-likeness (QED) is 0.365. The molecule has 0 saturated carbocycles. The Bertz CT molecular complexity index is 357. The molecule has 0 aliphatic heterocycles. The van der Waals surface area contributed by atoms with Gasteiger partial charge in [-0.25, -0.2) is 4.79 Å². The minimum absolute atomic E-state index is 0.0695. The zero-order chi connectivity index (χ0) is 15.9. The second-order valence-corrected chi connectivity index (χ2v) is 5.02. The highest BCUT2D eigenvalue weighted by Crippen LogP contribution is 2.06. The molecule has 0 heterocycles. The summed E-state index contributed by atoms with van der Waals surface area (Å²) in [5.41, 5.74) is 5.12. The molecule has 0 rings (SSSR count). The summed E-state index contributed by atoms with van der Waals surface area (Å²) in [6, 6.07) is -2.31. The second-order valence-electron chi connectivity index (χ2n) is 5.02. The number of amides is 2. The molecule has 0 spiro atoms. The number of carbonyl (C=O) groups excluding carboxylic acids is 2. The fourth-order valence-electron chi connectivity index (χ4n) is 1.59. The molecule has 0 aliphatic carbocycles. The molecule has 0 unspecified atom stereocenters. The van der Waals surface area contributed by atoms with Gasteiger partial charge in [-0.05, 0) is 19.3 Å². The summed E-state index contributed by atoms with van der Waals surface area (Å²) in [7, 11) is 0. The summed E-state index contributed by atoms with van der Waals surface area (Å²) in [5.74, 6) is -2.46. The van der Waals surface area contributed by atoms with Crippen LogP contribution in [0, 0.1) is 5.92 Å². The summed E-state index contributed by atoms with van der Waals surface area (Å²) in [6.07, 6.45) is -0.919. The van der Waals surface area contributed by atoms with E-state index in [1.165, 1.54) is 6.92 Å². The van der Waals surface area contributed by atoms with Gasteiger partial charge in [0.25, 0.3) is 0 Å². The van der Waals surface area contributed by atoms with Crippen molar-refractivity contribution in [3.8, 4) is 0 Å². The molecule has 2 amide bonds. The van der Waals surface area contributed by atoms with Gasteiger partial charge < -0.3 is 26.6 Å². The Morgan fingerprint density at radius 2 is 1.70 bits per heavy atom. The Morgan fingerprint density at radius 1 is 1.15 bits per heavy atom. The van der Waals surface area contributed by atoms with E-state index in [-0.39, 0.29) is 18.9 Å². The number of rotatable bonds is 8. The number of nitrogens with two attached hydrogens (primary N) is 1. The zero-order valence-electron chi connectivity index (χ0n) is 11.9. The van der Waals surface area contributed by atoms with Crippen molar-refractivity contribution in [1.29, 1.82) is 0 Å². The predicted molar refractivity (Wildman–Crippen MR) is 71.7 cm³/mol. The standard InChI is InChI=1S/C12H23N3O5/c1-6(2)4-8(12(19)20)14-11(18)10(7(3)16)15-9(17)5-13/h6-8,10,16H,4-5,13H2,1-3H3,(H,14,18)(H,15,17)(H,19,20)/t7-,8+,10+/m1/s1. The number of carboxylic acid groups (broad SMARTS) is 1. The van der Waals surface area contributed by atoms with Gasteiger partial charge in [-0.2, -0.15) is 0 Å². The molecule has 6 N–H and O–H groups in total. The fourth-order valence-corrected chi connectivity index (χ4v) is 1.59. The first kappa shape index (κ1) is 18.3. The molecule has 0 radical (unpaired) electrons. The van der Waals surface area contributed by atoms with E-state index in [4.69, 9.17) is 10.8 Å². The summed E-state index contributed by atoms with van der Waals surface area (Å²) in [4.78, 5) is 34.2. The number of hydrogen-bond donors (Lipinski definition) is 5. The molecule has 0 aliphatic rings. The van der Waals surface area contributed by atoms with Gasteiger partial charge in [-0.1, -0.05) is 13.8 Å². The molecule has 3 atom stereocenters. The molecular weight excluding hydrogens is 266 g/mol. The van der Waals surface area contributed by atoms with E-state index in [9.17, 15) is 19.5 Å². The lowest BCUT2D eigenvalue weighted by Gasteiger charge is -2.23. The molecule has 20 heavy (non-hydrogen) atoms. The first-order valence-electron chi connectivity index (χ1n) is 6.39. The van der Waals surface area contributed by atoms with E-state index in [1.807, 2.05) is 13.8 Å². The fraction of sp³-hybridized carbons (Fsp3) is 0.750. The maximum absolute atomic E-state index is 11.9. The molecule has 0 aromatic rings. The van der Waals surface area contributed by atoms with Crippen LogP contribution in [0.15, 0.2) is 0 Å². The Hall–Kier alpha value is -1.67. The normalized spacial score (nSPS) is 15.3. The van der Waals surface area contributed by atoms with Crippen LogP contribution in [0.5, 0.6) is 0 Å². The van der Waals surface area contributed by atoms with Gasteiger partial charge in [0, 0.05) is 0 Å². The van der Waals surface area contributed by atoms with Crippen molar-refractivity contribution in [3.63, 3.8) is 0 Å². The number of aliphatic carboxylic acids is 1. The number of hydrogen-bond acceptors (Lipinski definition) is 5. The van der Waals surface area contributed by atoms with Gasteiger partial charge in [0.15, 0.2) is 0 Å². The Morgan fingerprint density at radius 3 is 2.05 bits per heavy atom. The van der Waals surface area contributed by atoms with E-state index in [0.717, 1.165) is 0 Å². The molecule has 0 bridgehead atoms. The summed E-state index contributed by atoms with van der Waals surface area (Å²) in [5, 5.41) is 23.1. The third-order valence-electron chi connectivity index (χ3n) is 2.59. The number of aliphatic hydroxyl groups is 1. The van der Waals surface area contributed by atoms with Crippen LogP contribution < -0.4 is 16.4 Å². The van der Waals surface area contributed by atoms with Crippen molar-refractivity contribution in [2.75, 3.05) is 6.54 Å².